The molecule has 0 aliphatic heterocycles. The minimum atomic E-state index is 0.636. The highest BCUT2D eigenvalue weighted by molar-refractivity contribution is 5.26. The lowest BCUT2D eigenvalue weighted by Crippen LogP contribution is -2.20. The Labute approximate surface area is 98.0 Å². The highest BCUT2D eigenvalue weighted by atomic mass is 15.3. The largest absolute Gasteiger partial charge is 0.326 e. The second kappa shape index (κ2) is 5.00. The highest BCUT2D eigenvalue weighted by Gasteiger charge is 2.21. The molecule has 90 valence electrons. The molecule has 1 saturated carbocycles. The second-order valence-electron chi connectivity index (χ2n) is 4.76. The van der Waals surface area contributed by atoms with Gasteiger partial charge in [0.15, 0.2) is 0 Å². The van der Waals surface area contributed by atoms with E-state index in [9.17, 15) is 0 Å². The zero-order valence-corrected chi connectivity index (χ0v) is 10.5. The average molecular weight is 221 g/mol. The lowest BCUT2D eigenvalue weighted by atomic mass is 9.85. The first kappa shape index (κ1) is 11.6. The van der Waals surface area contributed by atoms with E-state index >= 15 is 0 Å². The molecule has 0 atom stereocenters. The molecule has 0 saturated heterocycles. The van der Waals surface area contributed by atoms with Gasteiger partial charge in [0, 0.05) is 24.3 Å². The fourth-order valence-corrected chi connectivity index (χ4v) is 2.58. The monoisotopic (exact) mass is 221 g/mol. The van der Waals surface area contributed by atoms with Crippen molar-refractivity contribution >= 4 is 0 Å². The van der Waals surface area contributed by atoms with Crippen molar-refractivity contribution < 1.29 is 0 Å². The van der Waals surface area contributed by atoms with Crippen LogP contribution in [0.25, 0.3) is 0 Å². The molecular weight excluding hydrogens is 198 g/mol. The van der Waals surface area contributed by atoms with Crippen LogP contribution in [0.1, 0.15) is 50.1 Å². The molecule has 3 nitrogen and oxygen atoms in total. The third-order valence-electron chi connectivity index (χ3n) is 3.78. The molecule has 16 heavy (non-hydrogen) atoms. The first-order valence-corrected chi connectivity index (χ1v) is 6.57. The zero-order chi connectivity index (χ0) is 11.5. The lowest BCUT2D eigenvalue weighted by Gasteiger charge is -2.25. The summed E-state index contributed by atoms with van der Waals surface area (Å²) in [6.45, 7) is 6.11. The van der Waals surface area contributed by atoms with Crippen LogP contribution in [0.5, 0.6) is 0 Å². The van der Waals surface area contributed by atoms with Gasteiger partial charge in [-0.15, -0.1) is 0 Å². The van der Waals surface area contributed by atoms with Gasteiger partial charge in [0.2, 0.25) is 0 Å². The maximum atomic E-state index is 5.84. The molecule has 0 amide bonds. The molecule has 2 N–H and O–H groups in total. The summed E-state index contributed by atoms with van der Waals surface area (Å²) in [7, 11) is 0. The van der Waals surface area contributed by atoms with E-state index in [4.69, 9.17) is 10.8 Å². The lowest BCUT2D eigenvalue weighted by molar-refractivity contribution is 0.263. The maximum Gasteiger partial charge on any atom is 0.0669 e. The smallest absolute Gasteiger partial charge is 0.0669 e. The summed E-state index contributed by atoms with van der Waals surface area (Å²) >= 11 is 0. The molecular formula is C13H23N3. The van der Waals surface area contributed by atoms with Crippen LogP contribution in [0.4, 0.5) is 0 Å². The Hall–Kier alpha value is -0.830. The van der Waals surface area contributed by atoms with Gasteiger partial charge in [-0.25, -0.2) is 0 Å². The number of nitrogens with two attached hydrogens (primary N) is 1. The Morgan fingerprint density at radius 2 is 2.06 bits per heavy atom. The number of nitrogens with zero attached hydrogens (tertiary/aromatic N) is 2. The van der Waals surface area contributed by atoms with Crippen molar-refractivity contribution in [3.05, 3.63) is 17.0 Å². The van der Waals surface area contributed by atoms with Crippen molar-refractivity contribution in [2.24, 2.45) is 11.7 Å². The molecule has 0 aromatic carbocycles. The van der Waals surface area contributed by atoms with Gasteiger partial charge in [0.05, 0.1) is 5.69 Å². The van der Waals surface area contributed by atoms with E-state index in [0.29, 0.717) is 6.54 Å². The van der Waals surface area contributed by atoms with Gasteiger partial charge in [-0.3, -0.25) is 4.68 Å². The maximum absolute atomic E-state index is 5.84. The Morgan fingerprint density at radius 1 is 1.31 bits per heavy atom. The Morgan fingerprint density at radius 3 is 2.50 bits per heavy atom. The van der Waals surface area contributed by atoms with Gasteiger partial charge in [0.25, 0.3) is 0 Å². The normalized spacial score (nSPS) is 16.4. The van der Waals surface area contributed by atoms with Crippen LogP contribution in [0.2, 0.25) is 0 Å². The van der Waals surface area contributed by atoms with E-state index in [2.05, 4.69) is 18.5 Å². The third-order valence-corrected chi connectivity index (χ3v) is 3.78. The summed E-state index contributed by atoms with van der Waals surface area (Å²) in [5.74, 6) is 0.862. The van der Waals surface area contributed by atoms with Crippen molar-refractivity contribution in [1.82, 2.24) is 9.78 Å². The molecule has 0 spiro atoms. The summed E-state index contributed by atoms with van der Waals surface area (Å²) in [5.41, 5.74) is 9.71. The molecule has 0 bridgehead atoms. The van der Waals surface area contributed by atoms with Crippen molar-refractivity contribution in [2.45, 2.75) is 59.0 Å². The molecule has 3 heteroatoms. The van der Waals surface area contributed by atoms with E-state index in [0.717, 1.165) is 25.3 Å². The molecule has 1 heterocycles. The van der Waals surface area contributed by atoms with Gasteiger partial charge in [-0.1, -0.05) is 20.3 Å². The summed E-state index contributed by atoms with van der Waals surface area (Å²) in [5, 5.41) is 4.73. The molecule has 1 aliphatic rings. The molecule has 1 aromatic rings. The molecule has 1 fully saturated rings. The predicted molar refractivity (Wildman–Crippen MR) is 66.2 cm³/mol. The zero-order valence-electron chi connectivity index (χ0n) is 10.5. The number of aromatic nitrogens is 2. The van der Waals surface area contributed by atoms with Crippen LogP contribution in [0.15, 0.2) is 0 Å². The van der Waals surface area contributed by atoms with E-state index in [-0.39, 0.29) is 0 Å². The van der Waals surface area contributed by atoms with E-state index < -0.39 is 0 Å². The standard InChI is InChI=1S/C13H23N3/c1-3-12-11(8-14)13(4-2)16(15-12)9-10-6-5-7-10/h10H,3-9,14H2,1-2H3. The minimum Gasteiger partial charge on any atom is -0.326 e. The van der Waals surface area contributed by atoms with E-state index in [1.54, 1.807) is 0 Å². The second-order valence-corrected chi connectivity index (χ2v) is 4.76. The summed E-state index contributed by atoms with van der Waals surface area (Å²) < 4.78 is 2.23. The van der Waals surface area contributed by atoms with Crippen molar-refractivity contribution in [3.8, 4) is 0 Å². The molecule has 1 aromatic heterocycles. The third kappa shape index (κ3) is 2.01. The molecule has 0 radical (unpaired) electrons. The number of rotatable bonds is 5. The van der Waals surface area contributed by atoms with E-state index in [1.807, 2.05) is 0 Å². The summed E-state index contributed by atoms with van der Waals surface area (Å²) in [4.78, 5) is 0. The number of hydrogen-bond donors (Lipinski definition) is 1. The average Bonchev–Trinajstić information content (AvgIpc) is 2.60. The Kier molecular flexibility index (Phi) is 3.64. The first-order chi connectivity index (χ1) is 7.80. The Balaban J connectivity index is 2.24. The van der Waals surface area contributed by atoms with Crippen molar-refractivity contribution in [2.75, 3.05) is 0 Å². The van der Waals surface area contributed by atoms with Gasteiger partial charge >= 0.3 is 0 Å². The molecule has 0 unspecified atom stereocenters. The van der Waals surface area contributed by atoms with Crippen LogP contribution in [0, 0.1) is 5.92 Å². The first-order valence-electron chi connectivity index (χ1n) is 6.57. The van der Waals surface area contributed by atoms with Crippen LogP contribution in [0.3, 0.4) is 0 Å². The van der Waals surface area contributed by atoms with Gasteiger partial charge in [-0.05, 0) is 31.6 Å². The SMILES string of the molecule is CCc1nn(CC2CCC2)c(CC)c1CN. The molecule has 1 aliphatic carbocycles. The van der Waals surface area contributed by atoms with E-state index in [1.165, 1.54) is 36.2 Å². The van der Waals surface area contributed by atoms with Crippen molar-refractivity contribution in [3.63, 3.8) is 0 Å². The van der Waals surface area contributed by atoms with Crippen LogP contribution in [-0.2, 0) is 25.9 Å². The highest BCUT2D eigenvalue weighted by Crippen LogP contribution is 2.29. The fraction of sp³-hybridized carbons (Fsp3) is 0.769. The predicted octanol–water partition coefficient (Wildman–Crippen LogP) is 2.27. The number of hydrogen-bond acceptors (Lipinski definition) is 2. The van der Waals surface area contributed by atoms with Gasteiger partial charge in [-0.2, -0.15) is 5.10 Å². The minimum absolute atomic E-state index is 0.636. The fourth-order valence-electron chi connectivity index (χ4n) is 2.58. The molecule has 2 rings (SSSR count). The van der Waals surface area contributed by atoms with Gasteiger partial charge in [0.1, 0.15) is 0 Å². The van der Waals surface area contributed by atoms with Crippen LogP contribution < -0.4 is 5.73 Å². The summed E-state index contributed by atoms with van der Waals surface area (Å²) in [6, 6.07) is 0. The van der Waals surface area contributed by atoms with Crippen LogP contribution >= 0.6 is 0 Å². The topological polar surface area (TPSA) is 43.8 Å². The summed E-state index contributed by atoms with van der Waals surface area (Å²) in [6.07, 6.45) is 6.20. The quantitative estimate of drug-likeness (QED) is 0.829. The van der Waals surface area contributed by atoms with Crippen LogP contribution in [-0.4, -0.2) is 9.78 Å². The van der Waals surface area contributed by atoms with Gasteiger partial charge < -0.3 is 5.73 Å². The Bertz CT molecular complexity index is 350. The number of aryl methyl sites for hydroxylation is 1. The van der Waals surface area contributed by atoms with Crippen molar-refractivity contribution in [1.29, 1.82) is 0 Å².